The van der Waals surface area contributed by atoms with Crippen LogP contribution in [0.5, 0.6) is 11.5 Å². The van der Waals surface area contributed by atoms with Gasteiger partial charge in [-0.05, 0) is 56.0 Å². The number of nitrogens with one attached hydrogen (secondary N) is 1. The molecular formula is C21H23NO5. The van der Waals surface area contributed by atoms with Gasteiger partial charge in [0, 0.05) is 11.1 Å². The number of carboxylic acids is 1. The molecule has 0 saturated carbocycles. The van der Waals surface area contributed by atoms with E-state index < -0.39 is 12.6 Å². The number of hydrogen-bond donors (Lipinski definition) is 2. The van der Waals surface area contributed by atoms with E-state index in [2.05, 4.69) is 5.32 Å². The summed E-state index contributed by atoms with van der Waals surface area (Å²) in [5.41, 5.74) is 2.96. The van der Waals surface area contributed by atoms with Crippen molar-refractivity contribution in [3.05, 3.63) is 58.7 Å². The van der Waals surface area contributed by atoms with E-state index in [0.717, 1.165) is 35.3 Å². The van der Waals surface area contributed by atoms with Crippen molar-refractivity contribution in [3.8, 4) is 11.5 Å². The van der Waals surface area contributed by atoms with Crippen LogP contribution in [0.2, 0.25) is 0 Å². The van der Waals surface area contributed by atoms with Crippen LogP contribution in [0, 0.1) is 13.8 Å². The van der Waals surface area contributed by atoms with Gasteiger partial charge in [0.05, 0.1) is 12.6 Å². The van der Waals surface area contributed by atoms with E-state index in [4.69, 9.17) is 14.6 Å². The lowest BCUT2D eigenvalue weighted by molar-refractivity contribution is -0.139. The average Bonchev–Trinajstić information content (AvgIpc) is 2.83. The maximum absolute atomic E-state index is 12.8. The zero-order chi connectivity index (χ0) is 19.4. The third-order valence-electron chi connectivity index (χ3n) is 4.56. The average molecular weight is 369 g/mol. The van der Waals surface area contributed by atoms with Gasteiger partial charge in [0.15, 0.2) is 6.61 Å². The Morgan fingerprint density at radius 1 is 1.22 bits per heavy atom. The van der Waals surface area contributed by atoms with Crippen molar-refractivity contribution in [1.82, 2.24) is 5.32 Å². The van der Waals surface area contributed by atoms with Crippen LogP contribution < -0.4 is 14.8 Å². The number of carbonyl (C=O) groups is 2. The van der Waals surface area contributed by atoms with Crippen LogP contribution in [0.15, 0.2) is 36.4 Å². The molecule has 1 amide bonds. The number of rotatable bonds is 5. The SMILES string of the molecule is Cc1cc(C(=O)NC2CCCOc3ccccc32)cc(C)c1OCC(=O)O. The highest BCUT2D eigenvalue weighted by Gasteiger charge is 2.22. The highest BCUT2D eigenvalue weighted by atomic mass is 16.5. The van der Waals surface area contributed by atoms with E-state index in [-0.39, 0.29) is 11.9 Å². The molecule has 0 saturated heterocycles. The fraction of sp³-hybridized carbons (Fsp3) is 0.333. The number of ether oxygens (including phenoxy) is 2. The molecule has 2 N–H and O–H groups in total. The molecule has 0 aliphatic carbocycles. The minimum Gasteiger partial charge on any atom is -0.493 e. The monoisotopic (exact) mass is 369 g/mol. The summed E-state index contributed by atoms with van der Waals surface area (Å²) in [7, 11) is 0. The molecule has 142 valence electrons. The van der Waals surface area contributed by atoms with Crippen LogP contribution in [0.1, 0.15) is 45.9 Å². The second-order valence-electron chi connectivity index (χ2n) is 6.68. The number of aryl methyl sites for hydroxylation is 2. The van der Waals surface area contributed by atoms with Crippen molar-refractivity contribution < 1.29 is 24.2 Å². The maximum Gasteiger partial charge on any atom is 0.341 e. The number of carboxylic acid groups (broad SMARTS) is 1. The maximum atomic E-state index is 12.8. The van der Waals surface area contributed by atoms with E-state index in [1.165, 1.54) is 0 Å². The summed E-state index contributed by atoms with van der Waals surface area (Å²) < 4.78 is 11.1. The number of aliphatic carboxylic acids is 1. The summed E-state index contributed by atoms with van der Waals surface area (Å²) in [6.07, 6.45) is 1.67. The summed E-state index contributed by atoms with van der Waals surface area (Å²) in [5, 5.41) is 11.9. The molecule has 1 aliphatic heterocycles. The molecular weight excluding hydrogens is 346 g/mol. The number of fused-ring (bicyclic) bond motifs is 1. The molecule has 1 unspecified atom stereocenters. The van der Waals surface area contributed by atoms with Gasteiger partial charge < -0.3 is 19.9 Å². The Labute approximate surface area is 158 Å². The van der Waals surface area contributed by atoms with E-state index in [1.807, 2.05) is 24.3 Å². The van der Waals surface area contributed by atoms with E-state index in [1.54, 1.807) is 26.0 Å². The summed E-state index contributed by atoms with van der Waals surface area (Å²) in [5.74, 6) is 0.102. The molecule has 0 fully saturated rings. The predicted octanol–water partition coefficient (Wildman–Crippen LogP) is 3.41. The van der Waals surface area contributed by atoms with Gasteiger partial charge in [-0.15, -0.1) is 0 Å². The van der Waals surface area contributed by atoms with Crippen molar-refractivity contribution in [1.29, 1.82) is 0 Å². The molecule has 0 spiro atoms. The summed E-state index contributed by atoms with van der Waals surface area (Å²) in [6, 6.07) is 11.1. The number of carbonyl (C=O) groups excluding carboxylic acids is 1. The lowest BCUT2D eigenvalue weighted by atomic mass is 10.0. The Kier molecular flexibility index (Phi) is 5.64. The Bertz CT molecular complexity index is 838. The third kappa shape index (κ3) is 4.39. The molecule has 0 aromatic heterocycles. The fourth-order valence-corrected chi connectivity index (χ4v) is 3.36. The largest absolute Gasteiger partial charge is 0.493 e. The van der Waals surface area contributed by atoms with Gasteiger partial charge in [-0.2, -0.15) is 0 Å². The molecule has 2 aromatic carbocycles. The Hall–Kier alpha value is -3.02. The summed E-state index contributed by atoms with van der Waals surface area (Å²) in [4.78, 5) is 23.6. The Morgan fingerprint density at radius 3 is 2.63 bits per heavy atom. The first-order chi connectivity index (χ1) is 13.0. The highest BCUT2D eigenvalue weighted by molar-refractivity contribution is 5.95. The minimum atomic E-state index is -1.04. The van der Waals surface area contributed by atoms with E-state index in [0.29, 0.717) is 17.9 Å². The third-order valence-corrected chi connectivity index (χ3v) is 4.56. The van der Waals surface area contributed by atoms with Gasteiger partial charge in [0.1, 0.15) is 11.5 Å². The first-order valence-corrected chi connectivity index (χ1v) is 8.94. The number of para-hydroxylation sites is 1. The topological polar surface area (TPSA) is 84.9 Å². The van der Waals surface area contributed by atoms with Crippen molar-refractivity contribution in [2.24, 2.45) is 0 Å². The first kappa shape index (κ1) is 18.8. The zero-order valence-corrected chi connectivity index (χ0v) is 15.5. The van der Waals surface area contributed by atoms with Gasteiger partial charge in [-0.3, -0.25) is 4.79 Å². The Balaban J connectivity index is 1.79. The van der Waals surface area contributed by atoms with Crippen LogP contribution in [0.4, 0.5) is 0 Å². The van der Waals surface area contributed by atoms with Gasteiger partial charge in [-0.25, -0.2) is 4.79 Å². The standard InChI is InChI=1S/C21H23NO5/c1-13-10-15(11-14(2)20(13)27-12-19(23)24)21(25)22-17-7-5-9-26-18-8-4-3-6-16(17)18/h3-4,6,8,10-11,17H,5,7,9,12H2,1-2H3,(H,22,25)(H,23,24). The molecule has 1 heterocycles. The van der Waals surface area contributed by atoms with Crippen LogP contribution in [0.25, 0.3) is 0 Å². The lowest BCUT2D eigenvalue weighted by Crippen LogP contribution is -2.28. The Morgan fingerprint density at radius 2 is 1.93 bits per heavy atom. The highest BCUT2D eigenvalue weighted by Crippen LogP contribution is 2.32. The van der Waals surface area contributed by atoms with Crippen molar-refractivity contribution in [2.75, 3.05) is 13.2 Å². The molecule has 1 aliphatic rings. The molecule has 6 heteroatoms. The quantitative estimate of drug-likeness (QED) is 0.844. The zero-order valence-electron chi connectivity index (χ0n) is 15.5. The molecule has 2 aromatic rings. The minimum absolute atomic E-state index is 0.111. The van der Waals surface area contributed by atoms with Crippen molar-refractivity contribution >= 4 is 11.9 Å². The van der Waals surface area contributed by atoms with Crippen LogP contribution in [-0.4, -0.2) is 30.2 Å². The normalized spacial score (nSPS) is 15.9. The van der Waals surface area contributed by atoms with Gasteiger partial charge >= 0.3 is 5.97 Å². The summed E-state index contributed by atoms with van der Waals surface area (Å²) in [6.45, 7) is 3.83. The number of hydrogen-bond acceptors (Lipinski definition) is 4. The smallest absolute Gasteiger partial charge is 0.341 e. The number of amides is 1. The summed E-state index contributed by atoms with van der Waals surface area (Å²) >= 11 is 0. The lowest BCUT2D eigenvalue weighted by Gasteiger charge is -2.19. The molecule has 0 bridgehead atoms. The fourth-order valence-electron chi connectivity index (χ4n) is 3.36. The van der Waals surface area contributed by atoms with Crippen molar-refractivity contribution in [3.63, 3.8) is 0 Å². The van der Waals surface area contributed by atoms with Crippen molar-refractivity contribution in [2.45, 2.75) is 32.7 Å². The molecule has 27 heavy (non-hydrogen) atoms. The molecule has 1 atom stereocenters. The van der Waals surface area contributed by atoms with Crippen LogP contribution in [0.3, 0.4) is 0 Å². The first-order valence-electron chi connectivity index (χ1n) is 8.94. The second-order valence-corrected chi connectivity index (χ2v) is 6.68. The van der Waals surface area contributed by atoms with Gasteiger partial charge in [0.25, 0.3) is 5.91 Å². The van der Waals surface area contributed by atoms with Gasteiger partial charge in [0.2, 0.25) is 0 Å². The van der Waals surface area contributed by atoms with E-state index in [9.17, 15) is 9.59 Å². The predicted molar refractivity (Wildman–Crippen MR) is 100 cm³/mol. The van der Waals surface area contributed by atoms with E-state index >= 15 is 0 Å². The molecule has 0 radical (unpaired) electrons. The second kappa shape index (κ2) is 8.12. The van der Waals surface area contributed by atoms with Crippen LogP contribution in [-0.2, 0) is 4.79 Å². The number of benzene rings is 2. The van der Waals surface area contributed by atoms with Crippen LogP contribution >= 0.6 is 0 Å². The van der Waals surface area contributed by atoms with Gasteiger partial charge in [-0.1, -0.05) is 18.2 Å². The molecule has 6 nitrogen and oxygen atoms in total. The molecule has 3 rings (SSSR count).